The minimum absolute atomic E-state index is 0.282. The highest BCUT2D eigenvalue weighted by Gasteiger charge is 2.17. The first-order valence-corrected chi connectivity index (χ1v) is 6.29. The summed E-state index contributed by atoms with van der Waals surface area (Å²) in [4.78, 5) is 15.9. The Morgan fingerprint density at radius 3 is 2.76 bits per heavy atom. The van der Waals surface area contributed by atoms with Gasteiger partial charge in [-0.05, 0) is 19.9 Å². The molecule has 0 fully saturated rings. The molecule has 9 heteroatoms. The lowest BCUT2D eigenvalue weighted by Crippen LogP contribution is -2.13. The molecule has 0 saturated carbocycles. The molecule has 0 bridgehead atoms. The maximum atomic E-state index is 12.0. The number of nitrogens with zero attached hydrogens (tertiary/aromatic N) is 5. The van der Waals surface area contributed by atoms with Gasteiger partial charge in [-0.25, -0.2) is 5.10 Å². The Bertz CT molecular complexity index is 782. The number of aromatic nitrogens is 7. The van der Waals surface area contributed by atoms with Crippen molar-refractivity contribution < 1.29 is 4.79 Å². The maximum Gasteiger partial charge on any atom is 0.276 e. The van der Waals surface area contributed by atoms with Gasteiger partial charge < -0.3 is 0 Å². The lowest BCUT2D eigenvalue weighted by Gasteiger charge is -1.97. The van der Waals surface area contributed by atoms with E-state index in [2.05, 4.69) is 35.8 Å². The largest absolute Gasteiger partial charge is 0.289 e. The molecule has 0 unspecified atom stereocenters. The van der Waals surface area contributed by atoms with Gasteiger partial charge in [-0.15, -0.1) is 0 Å². The number of H-pyrrole nitrogens is 2. The van der Waals surface area contributed by atoms with E-state index in [1.165, 1.54) is 6.33 Å². The molecule has 0 aliphatic carbocycles. The van der Waals surface area contributed by atoms with Crippen LogP contribution in [0.25, 0.3) is 11.3 Å². The Hall–Kier alpha value is -2.97. The number of aryl methyl sites for hydroxylation is 2. The van der Waals surface area contributed by atoms with Crippen molar-refractivity contribution in [2.75, 3.05) is 5.32 Å². The third-order valence-corrected chi connectivity index (χ3v) is 3.23. The highest BCUT2D eigenvalue weighted by molar-refractivity contribution is 6.02. The van der Waals surface area contributed by atoms with E-state index < -0.39 is 0 Å². The number of nitrogens with one attached hydrogen (secondary N) is 3. The first-order chi connectivity index (χ1) is 10.1. The molecule has 0 saturated heterocycles. The lowest BCUT2D eigenvalue weighted by molar-refractivity contribution is 0.102. The van der Waals surface area contributed by atoms with Gasteiger partial charge in [0.25, 0.3) is 5.91 Å². The predicted molar refractivity (Wildman–Crippen MR) is 74.6 cm³/mol. The summed E-state index contributed by atoms with van der Waals surface area (Å²) in [7, 11) is 1.87. The Kier molecular flexibility index (Phi) is 3.01. The Morgan fingerprint density at radius 2 is 2.14 bits per heavy atom. The molecule has 3 heterocycles. The fraction of sp³-hybridized carbons (Fsp3) is 0.250. The zero-order valence-electron chi connectivity index (χ0n) is 11.8. The van der Waals surface area contributed by atoms with Crippen LogP contribution in [0.2, 0.25) is 0 Å². The molecule has 3 aromatic rings. The number of aromatic amines is 2. The number of hydrogen-bond acceptors (Lipinski definition) is 5. The predicted octanol–water partition coefficient (Wildman–Crippen LogP) is 0.797. The van der Waals surface area contributed by atoms with Crippen molar-refractivity contribution in [2.45, 2.75) is 13.8 Å². The van der Waals surface area contributed by atoms with Crippen LogP contribution >= 0.6 is 0 Å². The Labute approximate surface area is 119 Å². The quantitative estimate of drug-likeness (QED) is 0.658. The highest BCUT2D eigenvalue weighted by Crippen LogP contribution is 2.25. The van der Waals surface area contributed by atoms with Crippen molar-refractivity contribution in [1.29, 1.82) is 0 Å². The van der Waals surface area contributed by atoms with Gasteiger partial charge >= 0.3 is 0 Å². The van der Waals surface area contributed by atoms with Crippen molar-refractivity contribution in [3.63, 3.8) is 0 Å². The first-order valence-electron chi connectivity index (χ1n) is 6.29. The second kappa shape index (κ2) is 4.85. The fourth-order valence-corrected chi connectivity index (χ4v) is 2.15. The minimum atomic E-state index is -0.343. The average Bonchev–Trinajstić information content (AvgIpc) is 3.13. The molecule has 0 radical (unpaired) electrons. The van der Waals surface area contributed by atoms with Crippen molar-refractivity contribution >= 4 is 11.9 Å². The van der Waals surface area contributed by atoms with Crippen molar-refractivity contribution in [3.05, 3.63) is 29.5 Å². The van der Waals surface area contributed by atoms with Crippen molar-refractivity contribution in [3.8, 4) is 11.3 Å². The van der Waals surface area contributed by atoms with Crippen LogP contribution in [-0.2, 0) is 7.05 Å². The summed E-state index contributed by atoms with van der Waals surface area (Å²) in [6, 6.07) is 1.68. The number of rotatable bonds is 3. The highest BCUT2D eigenvalue weighted by atomic mass is 16.2. The van der Waals surface area contributed by atoms with Gasteiger partial charge in [-0.2, -0.15) is 20.3 Å². The van der Waals surface area contributed by atoms with Crippen LogP contribution in [0.15, 0.2) is 12.4 Å². The summed E-state index contributed by atoms with van der Waals surface area (Å²) in [5, 5.41) is 20.0. The smallest absolute Gasteiger partial charge is 0.276 e. The third-order valence-electron chi connectivity index (χ3n) is 3.23. The number of carbonyl (C=O) groups excluding carboxylic acids is 1. The van der Waals surface area contributed by atoms with Crippen LogP contribution in [0.3, 0.4) is 0 Å². The molecule has 0 aliphatic heterocycles. The first kappa shape index (κ1) is 13.0. The van der Waals surface area contributed by atoms with Gasteiger partial charge in [0.15, 0.2) is 0 Å². The van der Waals surface area contributed by atoms with Gasteiger partial charge in [0.2, 0.25) is 5.95 Å². The van der Waals surface area contributed by atoms with E-state index in [1.807, 2.05) is 20.9 Å². The van der Waals surface area contributed by atoms with Gasteiger partial charge in [-0.1, -0.05) is 0 Å². The number of hydrogen-bond donors (Lipinski definition) is 3. The van der Waals surface area contributed by atoms with E-state index in [9.17, 15) is 4.79 Å². The molecule has 0 aliphatic rings. The molecule has 0 atom stereocenters. The van der Waals surface area contributed by atoms with Crippen LogP contribution in [0, 0.1) is 13.8 Å². The molecule has 3 rings (SSSR count). The molecule has 9 nitrogen and oxygen atoms in total. The normalized spacial score (nSPS) is 10.8. The molecular formula is C12H14N8O. The van der Waals surface area contributed by atoms with E-state index in [4.69, 9.17) is 0 Å². The summed E-state index contributed by atoms with van der Waals surface area (Å²) >= 11 is 0. The maximum absolute atomic E-state index is 12.0. The monoisotopic (exact) mass is 286 g/mol. The van der Waals surface area contributed by atoms with Crippen LogP contribution in [-0.4, -0.2) is 41.1 Å². The summed E-state index contributed by atoms with van der Waals surface area (Å²) in [5.41, 5.74) is 3.79. The molecule has 0 spiro atoms. The minimum Gasteiger partial charge on any atom is -0.289 e. The Balaban J connectivity index is 1.88. The standard InChI is InChI=1S/C12H14N8O/c1-6-10(7(2)20(3)19-6)8-4-9(17-16-8)11(21)15-12-13-5-14-18-12/h4-5H,1-3H3,(H,16,17)(H2,13,14,15,18,21). The number of amides is 1. The molecule has 1 amide bonds. The molecule has 21 heavy (non-hydrogen) atoms. The average molecular weight is 286 g/mol. The number of carbonyl (C=O) groups is 1. The van der Waals surface area contributed by atoms with E-state index in [-0.39, 0.29) is 11.9 Å². The third kappa shape index (κ3) is 2.29. The van der Waals surface area contributed by atoms with Crippen molar-refractivity contribution in [2.24, 2.45) is 7.05 Å². The van der Waals surface area contributed by atoms with Crippen LogP contribution in [0.5, 0.6) is 0 Å². The summed E-state index contributed by atoms with van der Waals surface area (Å²) in [6.07, 6.45) is 1.32. The van der Waals surface area contributed by atoms with Gasteiger partial charge in [-0.3, -0.25) is 19.9 Å². The van der Waals surface area contributed by atoms with Crippen LogP contribution in [0.4, 0.5) is 5.95 Å². The zero-order chi connectivity index (χ0) is 15.0. The number of anilines is 1. The fourth-order valence-electron chi connectivity index (χ4n) is 2.15. The topological polar surface area (TPSA) is 117 Å². The van der Waals surface area contributed by atoms with Crippen LogP contribution in [0.1, 0.15) is 21.9 Å². The van der Waals surface area contributed by atoms with Gasteiger partial charge in [0, 0.05) is 18.3 Å². The molecule has 3 aromatic heterocycles. The second-order valence-electron chi connectivity index (χ2n) is 4.62. The zero-order valence-corrected chi connectivity index (χ0v) is 11.8. The SMILES string of the molecule is Cc1nn(C)c(C)c1-c1cc(C(=O)Nc2ncn[nH]2)[nH]n1. The summed E-state index contributed by atoms with van der Waals surface area (Å²) in [5.74, 6) is -0.0606. The van der Waals surface area contributed by atoms with E-state index in [0.29, 0.717) is 11.4 Å². The van der Waals surface area contributed by atoms with Crippen LogP contribution < -0.4 is 5.32 Å². The van der Waals surface area contributed by atoms with E-state index in [1.54, 1.807) is 10.7 Å². The van der Waals surface area contributed by atoms with Gasteiger partial charge in [0.1, 0.15) is 12.0 Å². The van der Waals surface area contributed by atoms with Gasteiger partial charge in [0.05, 0.1) is 11.4 Å². The lowest BCUT2D eigenvalue weighted by atomic mass is 10.1. The van der Waals surface area contributed by atoms with Crippen molar-refractivity contribution in [1.82, 2.24) is 35.2 Å². The molecule has 0 aromatic carbocycles. The van der Waals surface area contributed by atoms with E-state index in [0.717, 1.165) is 17.0 Å². The Morgan fingerprint density at radius 1 is 1.33 bits per heavy atom. The summed E-state index contributed by atoms with van der Waals surface area (Å²) < 4.78 is 1.79. The molecule has 3 N–H and O–H groups in total. The molecule has 108 valence electrons. The summed E-state index contributed by atoms with van der Waals surface area (Å²) in [6.45, 7) is 3.86. The second-order valence-corrected chi connectivity index (χ2v) is 4.62. The molecular weight excluding hydrogens is 272 g/mol. The van der Waals surface area contributed by atoms with E-state index >= 15 is 0 Å².